The van der Waals surface area contributed by atoms with Crippen LogP contribution in [0.1, 0.15) is 6.42 Å². The normalized spacial score (nSPS) is 27.8. The summed E-state index contributed by atoms with van der Waals surface area (Å²) in [5.74, 6) is 1.13. The number of methoxy groups -OCH3 is 1. The Bertz CT molecular complexity index is 216. The van der Waals surface area contributed by atoms with Gasteiger partial charge in [0.1, 0.15) is 0 Å². The van der Waals surface area contributed by atoms with Gasteiger partial charge in [0, 0.05) is 39.2 Å². The summed E-state index contributed by atoms with van der Waals surface area (Å²) in [4.78, 5) is 13.8. The van der Waals surface area contributed by atoms with E-state index in [1.54, 1.807) is 7.11 Å². The van der Waals surface area contributed by atoms with Crippen LogP contribution in [0.2, 0.25) is 0 Å². The number of likely N-dealkylation sites (tertiary alicyclic amines) is 1. The summed E-state index contributed by atoms with van der Waals surface area (Å²) in [5, 5.41) is 3.13. The van der Waals surface area contributed by atoms with Gasteiger partial charge < -0.3 is 15.0 Å². The molecule has 2 aliphatic heterocycles. The lowest BCUT2D eigenvalue weighted by molar-refractivity contribution is -0.136. The summed E-state index contributed by atoms with van der Waals surface area (Å²) in [6, 6.07) is 0. The topological polar surface area (TPSA) is 41.6 Å². The molecule has 2 rings (SSSR count). The number of hydrogen-bond donors (Lipinski definition) is 1. The van der Waals surface area contributed by atoms with Crippen LogP contribution in [-0.4, -0.2) is 50.7 Å². The van der Waals surface area contributed by atoms with Gasteiger partial charge in [0.05, 0.1) is 12.5 Å². The summed E-state index contributed by atoms with van der Waals surface area (Å²) in [6.07, 6.45) is 1.10. The van der Waals surface area contributed by atoms with Crippen LogP contribution in [0, 0.1) is 11.8 Å². The van der Waals surface area contributed by atoms with Crippen LogP contribution in [0.15, 0.2) is 0 Å². The second-order valence-corrected chi connectivity index (χ2v) is 4.25. The van der Waals surface area contributed by atoms with Gasteiger partial charge in [0.2, 0.25) is 5.91 Å². The van der Waals surface area contributed by atoms with Crippen molar-refractivity contribution in [3.8, 4) is 0 Å². The van der Waals surface area contributed by atoms with Crippen molar-refractivity contribution in [1.82, 2.24) is 10.2 Å². The Morgan fingerprint density at radius 2 is 2.36 bits per heavy atom. The fourth-order valence-corrected chi connectivity index (χ4v) is 2.13. The average Bonchev–Trinajstić information content (AvgIpc) is 2.50. The van der Waals surface area contributed by atoms with Crippen LogP contribution in [0.5, 0.6) is 0 Å². The molecule has 2 fully saturated rings. The molecule has 0 aromatic rings. The van der Waals surface area contributed by atoms with Gasteiger partial charge in [-0.15, -0.1) is 0 Å². The van der Waals surface area contributed by atoms with Crippen molar-refractivity contribution >= 4 is 5.91 Å². The first-order valence-electron chi connectivity index (χ1n) is 5.29. The summed E-state index contributed by atoms with van der Waals surface area (Å²) in [6.45, 7) is 4.33. The molecule has 2 saturated heterocycles. The first-order valence-corrected chi connectivity index (χ1v) is 5.29. The number of nitrogens with zero attached hydrogens (tertiary/aromatic N) is 1. The average molecular weight is 198 g/mol. The standard InChI is InChI=1S/C10H18N2O2/c1-14-7-8-2-3-12(6-8)10(13)9-4-11-5-9/h8-9,11H,2-7H2,1H3/t8-/m1/s1. The van der Waals surface area contributed by atoms with Crippen molar-refractivity contribution in [3.63, 3.8) is 0 Å². The Balaban J connectivity index is 1.79. The van der Waals surface area contributed by atoms with Gasteiger partial charge in [-0.2, -0.15) is 0 Å². The van der Waals surface area contributed by atoms with E-state index in [-0.39, 0.29) is 5.92 Å². The van der Waals surface area contributed by atoms with Crippen LogP contribution in [0.25, 0.3) is 0 Å². The Morgan fingerprint density at radius 1 is 1.57 bits per heavy atom. The summed E-state index contributed by atoms with van der Waals surface area (Å²) >= 11 is 0. The minimum absolute atomic E-state index is 0.247. The number of ether oxygens (including phenoxy) is 1. The zero-order valence-electron chi connectivity index (χ0n) is 8.66. The van der Waals surface area contributed by atoms with E-state index < -0.39 is 0 Å². The number of nitrogens with one attached hydrogen (secondary N) is 1. The molecule has 2 heterocycles. The second kappa shape index (κ2) is 4.28. The Labute approximate surface area is 84.6 Å². The smallest absolute Gasteiger partial charge is 0.228 e. The summed E-state index contributed by atoms with van der Waals surface area (Å²) in [5.41, 5.74) is 0. The fraction of sp³-hybridized carbons (Fsp3) is 0.900. The van der Waals surface area contributed by atoms with Gasteiger partial charge in [-0.05, 0) is 6.42 Å². The summed E-state index contributed by atoms with van der Waals surface area (Å²) in [7, 11) is 1.72. The Morgan fingerprint density at radius 3 is 2.93 bits per heavy atom. The molecule has 0 unspecified atom stereocenters. The highest BCUT2D eigenvalue weighted by molar-refractivity contribution is 5.80. The van der Waals surface area contributed by atoms with Crippen molar-refractivity contribution in [2.24, 2.45) is 11.8 Å². The molecule has 0 aromatic carbocycles. The third-order valence-electron chi connectivity index (χ3n) is 3.13. The molecule has 0 radical (unpaired) electrons. The lowest BCUT2D eigenvalue weighted by atomic mass is 10.0. The van der Waals surface area contributed by atoms with Gasteiger partial charge in [0.15, 0.2) is 0 Å². The van der Waals surface area contributed by atoms with Crippen LogP contribution in [0.3, 0.4) is 0 Å². The molecular weight excluding hydrogens is 180 g/mol. The van der Waals surface area contributed by atoms with Crippen molar-refractivity contribution in [2.75, 3.05) is 39.9 Å². The van der Waals surface area contributed by atoms with Crippen LogP contribution < -0.4 is 5.32 Å². The zero-order valence-corrected chi connectivity index (χ0v) is 8.66. The highest BCUT2D eigenvalue weighted by atomic mass is 16.5. The third-order valence-corrected chi connectivity index (χ3v) is 3.13. The predicted octanol–water partition coefficient (Wildman–Crippen LogP) is -0.299. The Hall–Kier alpha value is -0.610. The minimum Gasteiger partial charge on any atom is -0.384 e. The van der Waals surface area contributed by atoms with E-state index in [0.29, 0.717) is 11.8 Å². The predicted molar refractivity (Wildman–Crippen MR) is 52.9 cm³/mol. The molecule has 14 heavy (non-hydrogen) atoms. The van der Waals surface area contributed by atoms with E-state index >= 15 is 0 Å². The third kappa shape index (κ3) is 1.91. The quantitative estimate of drug-likeness (QED) is 0.677. The summed E-state index contributed by atoms with van der Waals surface area (Å²) < 4.78 is 5.10. The number of amides is 1. The van der Waals surface area contributed by atoms with Gasteiger partial charge in [0.25, 0.3) is 0 Å². The molecular formula is C10H18N2O2. The molecule has 1 N–H and O–H groups in total. The number of carbonyl (C=O) groups excluding carboxylic acids is 1. The van der Waals surface area contributed by atoms with Crippen molar-refractivity contribution in [3.05, 3.63) is 0 Å². The lowest BCUT2D eigenvalue weighted by Crippen LogP contribution is -2.51. The monoisotopic (exact) mass is 198 g/mol. The molecule has 0 spiro atoms. The number of carbonyl (C=O) groups is 1. The molecule has 4 heteroatoms. The molecule has 2 aliphatic rings. The molecule has 1 atom stereocenters. The minimum atomic E-state index is 0.247. The molecule has 0 aromatic heterocycles. The highest BCUT2D eigenvalue weighted by Gasteiger charge is 2.33. The van der Waals surface area contributed by atoms with Crippen LogP contribution in [-0.2, 0) is 9.53 Å². The maximum Gasteiger partial charge on any atom is 0.228 e. The van der Waals surface area contributed by atoms with Crippen molar-refractivity contribution in [2.45, 2.75) is 6.42 Å². The molecule has 0 saturated carbocycles. The van der Waals surface area contributed by atoms with Crippen molar-refractivity contribution in [1.29, 1.82) is 0 Å². The first-order chi connectivity index (χ1) is 6.81. The second-order valence-electron chi connectivity index (χ2n) is 4.25. The van der Waals surface area contributed by atoms with E-state index in [2.05, 4.69) is 5.32 Å². The van der Waals surface area contributed by atoms with E-state index in [0.717, 1.165) is 39.2 Å². The number of hydrogen-bond acceptors (Lipinski definition) is 3. The lowest BCUT2D eigenvalue weighted by Gasteiger charge is -2.30. The molecule has 4 nitrogen and oxygen atoms in total. The SMILES string of the molecule is COC[C@@H]1CCN(C(=O)C2CNC2)C1. The van der Waals surface area contributed by atoms with Gasteiger partial charge in [-0.1, -0.05) is 0 Å². The fourth-order valence-electron chi connectivity index (χ4n) is 2.13. The van der Waals surface area contributed by atoms with Gasteiger partial charge in [-0.25, -0.2) is 0 Å². The molecule has 0 aliphatic carbocycles. The highest BCUT2D eigenvalue weighted by Crippen LogP contribution is 2.19. The largest absolute Gasteiger partial charge is 0.384 e. The maximum atomic E-state index is 11.8. The van der Waals surface area contributed by atoms with Gasteiger partial charge >= 0.3 is 0 Å². The van der Waals surface area contributed by atoms with E-state index in [1.807, 2.05) is 4.90 Å². The maximum absolute atomic E-state index is 11.8. The van der Waals surface area contributed by atoms with E-state index in [1.165, 1.54) is 0 Å². The molecule has 80 valence electrons. The molecule has 0 bridgehead atoms. The number of rotatable bonds is 3. The molecule has 1 amide bonds. The zero-order chi connectivity index (χ0) is 9.97. The van der Waals surface area contributed by atoms with E-state index in [4.69, 9.17) is 4.74 Å². The van der Waals surface area contributed by atoms with Crippen LogP contribution >= 0.6 is 0 Å². The van der Waals surface area contributed by atoms with Crippen molar-refractivity contribution < 1.29 is 9.53 Å². The Kier molecular flexibility index (Phi) is 3.03. The first kappa shape index (κ1) is 9.93. The van der Waals surface area contributed by atoms with Crippen LogP contribution in [0.4, 0.5) is 0 Å². The van der Waals surface area contributed by atoms with Gasteiger partial charge in [-0.3, -0.25) is 4.79 Å². The van der Waals surface area contributed by atoms with E-state index in [9.17, 15) is 4.79 Å².